The van der Waals surface area contributed by atoms with Gasteiger partial charge in [-0.3, -0.25) is 14.3 Å². The van der Waals surface area contributed by atoms with E-state index in [1.807, 2.05) is 15.6 Å². The first kappa shape index (κ1) is 14.1. The Balaban J connectivity index is 1.76. The van der Waals surface area contributed by atoms with Crippen LogP contribution in [0.25, 0.3) is 0 Å². The van der Waals surface area contributed by atoms with Crippen LogP contribution >= 0.6 is 0 Å². The van der Waals surface area contributed by atoms with Crippen LogP contribution in [0, 0.1) is 5.92 Å². The summed E-state index contributed by atoms with van der Waals surface area (Å²) in [6.45, 7) is 1.20. The van der Waals surface area contributed by atoms with Gasteiger partial charge in [-0.2, -0.15) is 5.10 Å². The molecule has 2 amide bonds. The summed E-state index contributed by atoms with van der Waals surface area (Å²) in [6.07, 6.45) is 5.31. The second kappa shape index (κ2) is 5.50. The zero-order chi connectivity index (χ0) is 15.0. The summed E-state index contributed by atoms with van der Waals surface area (Å²) in [4.78, 5) is 28.0. The Morgan fingerprint density at radius 2 is 2.14 bits per heavy atom. The van der Waals surface area contributed by atoms with Gasteiger partial charge in [-0.15, -0.1) is 0 Å². The fraction of sp³-hybridized carbons (Fsp3) is 0.667. The number of carbonyl (C=O) groups excluding carboxylic acids is 2. The molecule has 1 fully saturated rings. The van der Waals surface area contributed by atoms with E-state index in [0.29, 0.717) is 19.5 Å². The van der Waals surface area contributed by atoms with Gasteiger partial charge in [0.15, 0.2) is 0 Å². The molecule has 0 spiro atoms. The molecule has 21 heavy (non-hydrogen) atoms. The van der Waals surface area contributed by atoms with E-state index in [0.717, 1.165) is 25.0 Å². The Hall–Kier alpha value is -1.85. The third kappa shape index (κ3) is 2.66. The highest BCUT2D eigenvalue weighted by Gasteiger charge is 2.35. The first-order valence-corrected chi connectivity index (χ1v) is 7.57. The first-order chi connectivity index (χ1) is 10.1. The highest BCUT2D eigenvalue weighted by Crippen LogP contribution is 2.31. The molecule has 1 aliphatic heterocycles. The van der Waals surface area contributed by atoms with E-state index in [1.165, 1.54) is 0 Å². The summed E-state index contributed by atoms with van der Waals surface area (Å²) in [5, 5.41) is 4.33. The van der Waals surface area contributed by atoms with Gasteiger partial charge in [-0.1, -0.05) is 6.42 Å². The molecule has 0 unspecified atom stereocenters. The largest absolute Gasteiger partial charge is 0.349 e. The molecular formula is C15H22N4O2. The number of aromatic nitrogens is 2. The van der Waals surface area contributed by atoms with Crippen molar-refractivity contribution in [2.75, 3.05) is 20.6 Å². The molecule has 114 valence electrons. The monoisotopic (exact) mass is 290 g/mol. The van der Waals surface area contributed by atoms with Crippen molar-refractivity contribution in [3.8, 4) is 0 Å². The highest BCUT2D eigenvalue weighted by atomic mass is 16.2. The van der Waals surface area contributed by atoms with Crippen molar-refractivity contribution < 1.29 is 9.59 Å². The van der Waals surface area contributed by atoms with Crippen molar-refractivity contribution in [2.45, 2.75) is 38.3 Å². The number of amides is 2. The zero-order valence-corrected chi connectivity index (χ0v) is 12.7. The summed E-state index contributed by atoms with van der Waals surface area (Å²) in [5.74, 6) is 0.514. The van der Waals surface area contributed by atoms with Gasteiger partial charge in [0.2, 0.25) is 11.8 Å². The van der Waals surface area contributed by atoms with Gasteiger partial charge < -0.3 is 9.80 Å². The first-order valence-electron chi connectivity index (χ1n) is 7.57. The molecule has 1 aliphatic carbocycles. The number of hydrogen-bond donors (Lipinski definition) is 0. The Morgan fingerprint density at radius 1 is 1.38 bits per heavy atom. The van der Waals surface area contributed by atoms with E-state index in [2.05, 4.69) is 5.10 Å². The van der Waals surface area contributed by atoms with Crippen LogP contribution in [0.5, 0.6) is 0 Å². The Labute approximate surface area is 124 Å². The van der Waals surface area contributed by atoms with Gasteiger partial charge in [0.25, 0.3) is 0 Å². The zero-order valence-electron chi connectivity index (χ0n) is 12.7. The number of carbonyl (C=O) groups is 2. The average molecular weight is 290 g/mol. The molecule has 0 aromatic carbocycles. The SMILES string of the molecule is CN(C)C(=O)C[C@@H]1CN(C(=O)C2CCC2)Cc2ccnn21. The second-order valence-electron chi connectivity index (χ2n) is 6.26. The molecule has 6 nitrogen and oxygen atoms in total. The number of fused-ring (bicyclic) bond motifs is 1. The number of hydrogen-bond acceptors (Lipinski definition) is 3. The predicted octanol–water partition coefficient (Wildman–Crippen LogP) is 1.04. The van der Waals surface area contributed by atoms with Crippen molar-refractivity contribution in [3.05, 3.63) is 18.0 Å². The van der Waals surface area contributed by atoms with Crippen LogP contribution in [0.3, 0.4) is 0 Å². The molecule has 1 aromatic heterocycles. The quantitative estimate of drug-likeness (QED) is 0.836. The lowest BCUT2D eigenvalue weighted by molar-refractivity contribution is -0.141. The predicted molar refractivity (Wildman–Crippen MR) is 77.3 cm³/mol. The van der Waals surface area contributed by atoms with Gasteiger partial charge in [0.05, 0.1) is 24.7 Å². The lowest BCUT2D eigenvalue weighted by Crippen LogP contribution is -2.46. The topological polar surface area (TPSA) is 58.4 Å². The van der Waals surface area contributed by atoms with Gasteiger partial charge in [0.1, 0.15) is 0 Å². The van der Waals surface area contributed by atoms with Crippen LogP contribution in [0.15, 0.2) is 12.3 Å². The Bertz CT molecular complexity index is 548. The van der Waals surface area contributed by atoms with E-state index in [1.54, 1.807) is 25.2 Å². The van der Waals surface area contributed by atoms with Crippen molar-refractivity contribution in [1.82, 2.24) is 19.6 Å². The summed E-state index contributed by atoms with van der Waals surface area (Å²) in [6, 6.07) is 1.88. The molecule has 0 bridgehead atoms. The molecular weight excluding hydrogens is 268 g/mol. The maximum Gasteiger partial charge on any atom is 0.226 e. The van der Waals surface area contributed by atoms with E-state index in [-0.39, 0.29) is 23.8 Å². The lowest BCUT2D eigenvalue weighted by Gasteiger charge is -2.37. The lowest BCUT2D eigenvalue weighted by atomic mass is 9.84. The number of nitrogens with zero attached hydrogens (tertiary/aromatic N) is 4. The Morgan fingerprint density at radius 3 is 2.76 bits per heavy atom. The summed E-state index contributed by atoms with van der Waals surface area (Å²) >= 11 is 0. The highest BCUT2D eigenvalue weighted by molar-refractivity contribution is 5.80. The van der Waals surface area contributed by atoms with Crippen molar-refractivity contribution in [1.29, 1.82) is 0 Å². The summed E-state index contributed by atoms with van der Waals surface area (Å²) in [7, 11) is 3.51. The van der Waals surface area contributed by atoms with Crippen molar-refractivity contribution >= 4 is 11.8 Å². The van der Waals surface area contributed by atoms with E-state index in [4.69, 9.17) is 0 Å². The third-order valence-electron chi connectivity index (χ3n) is 4.56. The van der Waals surface area contributed by atoms with Crippen molar-refractivity contribution in [2.24, 2.45) is 5.92 Å². The molecule has 0 radical (unpaired) electrons. The normalized spacial score (nSPS) is 21.6. The molecule has 1 aromatic rings. The molecule has 0 saturated heterocycles. The number of rotatable bonds is 3. The Kier molecular flexibility index (Phi) is 3.69. The molecule has 2 aliphatic rings. The fourth-order valence-corrected chi connectivity index (χ4v) is 3.00. The van der Waals surface area contributed by atoms with Crippen LogP contribution < -0.4 is 0 Å². The smallest absolute Gasteiger partial charge is 0.226 e. The summed E-state index contributed by atoms with van der Waals surface area (Å²) in [5.41, 5.74) is 1.02. The molecule has 3 rings (SSSR count). The minimum Gasteiger partial charge on any atom is -0.349 e. The minimum absolute atomic E-state index is 0.0531. The molecule has 1 atom stereocenters. The van der Waals surface area contributed by atoms with E-state index < -0.39 is 0 Å². The van der Waals surface area contributed by atoms with Crippen LogP contribution in [-0.4, -0.2) is 52.0 Å². The van der Waals surface area contributed by atoms with Crippen molar-refractivity contribution in [3.63, 3.8) is 0 Å². The van der Waals surface area contributed by atoms with Gasteiger partial charge in [-0.05, 0) is 18.9 Å². The summed E-state index contributed by atoms with van der Waals surface area (Å²) < 4.78 is 1.91. The third-order valence-corrected chi connectivity index (χ3v) is 4.56. The maximum absolute atomic E-state index is 12.5. The van der Waals surface area contributed by atoms with Crippen LogP contribution in [0.4, 0.5) is 0 Å². The average Bonchev–Trinajstić information content (AvgIpc) is 2.84. The standard InChI is InChI=1S/C15H22N4O2/c1-17(2)14(20)8-13-10-18(15(21)11-4-3-5-11)9-12-6-7-16-19(12)13/h6-7,11,13H,3-5,8-10H2,1-2H3/t13-/m1/s1. The van der Waals surface area contributed by atoms with Crippen LogP contribution in [0.2, 0.25) is 0 Å². The molecule has 1 saturated carbocycles. The molecule has 6 heteroatoms. The van der Waals surface area contributed by atoms with Crippen LogP contribution in [-0.2, 0) is 16.1 Å². The molecule has 0 N–H and O–H groups in total. The van der Waals surface area contributed by atoms with Gasteiger partial charge in [0, 0.05) is 32.8 Å². The van der Waals surface area contributed by atoms with Crippen LogP contribution in [0.1, 0.15) is 37.4 Å². The van der Waals surface area contributed by atoms with E-state index in [9.17, 15) is 9.59 Å². The maximum atomic E-state index is 12.5. The minimum atomic E-state index is -0.0531. The molecule has 2 heterocycles. The van der Waals surface area contributed by atoms with E-state index >= 15 is 0 Å². The second-order valence-corrected chi connectivity index (χ2v) is 6.26. The van der Waals surface area contributed by atoms with Gasteiger partial charge >= 0.3 is 0 Å². The van der Waals surface area contributed by atoms with Gasteiger partial charge in [-0.25, -0.2) is 0 Å². The fourth-order valence-electron chi connectivity index (χ4n) is 3.00.